The summed E-state index contributed by atoms with van der Waals surface area (Å²) in [4.78, 5) is 16.5. The minimum atomic E-state index is -4.42. The van der Waals surface area contributed by atoms with Crippen LogP contribution in [0.3, 0.4) is 0 Å². The quantitative estimate of drug-likeness (QED) is 0.786. The first kappa shape index (κ1) is 17.0. The second kappa shape index (κ2) is 6.58. The molecule has 3 aromatic rings. The van der Waals surface area contributed by atoms with Crippen molar-refractivity contribution in [2.75, 3.05) is 0 Å². The maximum Gasteiger partial charge on any atom is 0.416 e. The van der Waals surface area contributed by atoms with Gasteiger partial charge in [0.05, 0.1) is 29.6 Å². The summed E-state index contributed by atoms with van der Waals surface area (Å²) in [6.07, 6.45) is -4.53. The highest BCUT2D eigenvalue weighted by Crippen LogP contribution is 2.29. The number of aromatic nitrogens is 2. The van der Waals surface area contributed by atoms with Crippen LogP contribution in [0.4, 0.5) is 13.2 Å². The summed E-state index contributed by atoms with van der Waals surface area (Å²) in [6, 6.07) is 12.4. The van der Waals surface area contributed by atoms with Crippen molar-refractivity contribution in [3.8, 4) is 0 Å². The van der Waals surface area contributed by atoms with Gasteiger partial charge in [-0.1, -0.05) is 30.3 Å². The molecular weight excluding hydrogens is 331 g/mol. The molecule has 25 heavy (non-hydrogen) atoms. The van der Waals surface area contributed by atoms with Crippen LogP contribution in [0.1, 0.15) is 17.0 Å². The van der Waals surface area contributed by atoms with E-state index in [1.165, 1.54) is 12.1 Å². The number of hydrogen-bond acceptors (Lipinski definition) is 2. The molecule has 0 aliphatic rings. The molecule has 0 bridgehead atoms. The highest BCUT2D eigenvalue weighted by molar-refractivity contribution is 5.79. The van der Waals surface area contributed by atoms with E-state index in [0.29, 0.717) is 11.4 Å². The van der Waals surface area contributed by atoms with Gasteiger partial charge in [-0.2, -0.15) is 13.2 Å². The van der Waals surface area contributed by atoms with Gasteiger partial charge in [0, 0.05) is 7.05 Å². The van der Waals surface area contributed by atoms with Gasteiger partial charge in [-0.05, 0) is 23.8 Å². The van der Waals surface area contributed by atoms with Gasteiger partial charge in [0.1, 0.15) is 5.82 Å². The van der Waals surface area contributed by atoms with Gasteiger partial charge in [-0.3, -0.25) is 4.79 Å². The number of halogens is 3. The van der Waals surface area contributed by atoms with E-state index in [9.17, 15) is 18.0 Å². The van der Waals surface area contributed by atoms with Crippen molar-refractivity contribution in [1.29, 1.82) is 0 Å². The summed E-state index contributed by atoms with van der Waals surface area (Å²) in [5.41, 5.74) is 1.34. The Balaban J connectivity index is 1.66. The number of nitrogens with one attached hydrogen (secondary N) is 1. The normalized spacial score (nSPS) is 11.7. The number of para-hydroxylation sites is 2. The summed E-state index contributed by atoms with van der Waals surface area (Å²) in [5, 5.41) is 2.70. The van der Waals surface area contributed by atoms with Gasteiger partial charge in [0.25, 0.3) is 0 Å². The first-order chi connectivity index (χ1) is 11.8. The maximum atomic E-state index is 12.7. The lowest BCUT2D eigenvalue weighted by Crippen LogP contribution is -2.26. The molecule has 1 N–H and O–H groups in total. The number of amides is 1. The Labute approximate surface area is 142 Å². The van der Waals surface area contributed by atoms with Crippen molar-refractivity contribution in [2.24, 2.45) is 7.05 Å². The lowest BCUT2D eigenvalue weighted by molar-refractivity contribution is -0.137. The molecule has 0 fully saturated rings. The van der Waals surface area contributed by atoms with E-state index in [1.807, 2.05) is 35.9 Å². The zero-order valence-corrected chi connectivity index (χ0v) is 13.5. The lowest BCUT2D eigenvalue weighted by Gasteiger charge is -2.09. The van der Waals surface area contributed by atoms with Gasteiger partial charge in [-0.25, -0.2) is 4.98 Å². The number of alkyl halides is 3. The van der Waals surface area contributed by atoms with Gasteiger partial charge in [-0.15, -0.1) is 0 Å². The average molecular weight is 347 g/mol. The molecule has 0 saturated carbocycles. The number of hydrogen-bond donors (Lipinski definition) is 1. The number of carbonyl (C=O) groups excluding carboxylic acids is 1. The highest BCUT2D eigenvalue weighted by atomic mass is 19.4. The van der Waals surface area contributed by atoms with Gasteiger partial charge in [0.2, 0.25) is 5.91 Å². The Bertz CT molecular complexity index is 915. The second-order valence-electron chi connectivity index (χ2n) is 5.73. The molecule has 1 aromatic heterocycles. The van der Waals surface area contributed by atoms with Crippen LogP contribution < -0.4 is 5.32 Å². The third-order valence-corrected chi connectivity index (χ3v) is 3.94. The Kier molecular flexibility index (Phi) is 4.48. The zero-order valence-electron chi connectivity index (χ0n) is 13.5. The predicted octanol–water partition coefficient (Wildman–Crippen LogP) is 3.45. The summed E-state index contributed by atoms with van der Waals surface area (Å²) in [6.45, 7) is 0.211. The van der Waals surface area contributed by atoms with Crippen LogP contribution in [0.15, 0.2) is 48.5 Å². The topological polar surface area (TPSA) is 46.9 Å². The van der Waals surface area contributed by atoms with Gasteiger partial charge in [0.15, 0.2) is 0 Å². The van der Waals surface area contributed by atoms with Crippen LogP contribution in [-0.4, -0.2) is 15.5 Å². The molecule has 1 heterocycles. The lowest BCUT2D eigenvalue weighted by atomic mass is 10.1. The van der Waals surface area contributed by atoms with Crippen LogP contribution in [-0.2, 0) is 31.0 Å². The number of carbonyl (C=O) groups is 1. The molecule has 0 radical (unpaired) electrons. The summed E-state index contributed by atoms with van der Waals surface area (Å²) in [7, 11) is 1.85. The van der Waals surface area contributed by atoms with E-state index in [1.54, 1.807) is 0 Å². The standard InChI is InChI=1S/C18H16F3N3O/c1-24-15-8-3-2-7-14(15)23-16(24)11-22-17(25)10-12-5-4-6-13(9-12)18(19,20)21/h2-9H,10-11H2,1H3,(H,22,25). The average Bonchev–Trinajstić information content (AvgIpc) is 2.89. The van der Waals surface area contributed by atoms with E-state index in [0.717, 1.165) is 23.2 Å². The number of fused-ring (bicyclic) bond motifs is 1. The maximum absolute atomic E-state index is 12.7. The zero-order chi connectivity index (χ0) is 18.0. The van der Waals surface area contributed by atoms with Crippen molar-refractivity contribution < 1.29 is 18.0 Å². The molecule has 130 valence electrons. The first-order valence-corrected chi connectivity index (χ1v) is 7.68. The number of rotatable bonds is 4. The SMILES string of the molecule is Cn1c(CNC(=O)Cc2cccc(C(F)(F)F)c2)nc2ccccc21. The molecule has 7 heteroatoms. The molecule has 2 aromatic carbocycles. The van der Waals surface area contributed by atoms with Gasteiger partial charge < -0.3 is 9.88 Å². The fourth-order valence-corrected chi connectivity index (χ4v) is 2.64. The Hall–Kier alpha value is -2.83. The fraction of sp³-hybridized carbons (Fsp3) is 0.222. The summed E-state index contributed by atoms with van der Waals surface area (Å²) in [5.74, 6) is 0.324. The molecule has 3 rings (SSSR count). The van der Waals surface area contributed by atoms with Crippen molar-refractivity contribution in [3.05, 3.63) is 65.5 Å². The monoisotopic (exact) mass is 347 g/mol. The number of imidazole rings is 1. The van der Waals surface area contributed by atoms with Crippen molar-refractivity contribution in [1.82, 2.24) is 14.9 Å². The molecule has 0 unspecified atom stereocenters. The van der Waals surface area contributed by atoms with Crippen molar-refractivity contribution in [2.45, 2.75) is 19.1 Å². The van der Waals surface area contributed by atoms with Crippen molar-refractivity contribution in [3.63, 3.8) is 0 Å². The number of nitrogens with zero attached hydrogens (tertiary/aromatic N) is 2. The molecule has 0 saturated heterocycles. The van der Waals surface area contributed by atoms with E-state index >= 15 is 0 Å². The van der Waals surface area contributed by atoms with E-state index in [2.05, 4.69) is 10.3 Å². The largest absolute Gasteiger partial charge is 0.416 e. The molecule has 0 aliphatic heterocycles. The van der Waals surface area contributed by atoms with Crippen LogP contribution in [0.2, 0.25) is 0 Å². The Morgan fingerprint density at radius 1 is 1.16 bits per heavy atom. The Morgan fingerprint density at radius 2 is 1.92 bits per heavy atom. The molecule has 0 aliphatic carbocycles. The number of benzene rings is 2. The number of aryl methyl sites for hydroxylation is 1. The van der Waals surface area contributed by atoms with Crippen LogP contribution in [0.25, 0.3) is 11.0 Å². The second-order valence-corrected chi connectivity index (χ2v) is 5.73. The van der Waals surface area contributed by atoms with Crippen LogP contribution >= 0.6 is 0 Å². The van der Waals surface area contributed by atoms with E-state index in [-0.39, 0.29) is 18.9 Å². The van der Waals surface area contributed by atoms with E-state index in [4.69, 9.17) is 0 Å². The summed E-state index contributed by atoms with van der Waals surface area (Å²) < 4.78 is 40.0. The smallest absolute Gasteiger partial charge is 0.349 e. The van der Waals surface area contributed by atoms with Gasteiger partial charge >= 0.3 is 6.18 Å². The first-order valence-electron chi connectivity index (χ1n) is 7.68. The molecule has 0 spiro atoms. The molecular formula is C18H16F3N3O. The van der Waals surface area contributed by atoms with Crippen LogP contribution in [0, 0.1) is 0 Å². The Morgan fingerprint density at radius 3 is 2.64 bits per heavy atom. The molecule has 4 nitrogen and oxygen atoms in total. The van der Waals surface area contributed by atoms with Crippen molar-refractivity contribution >= 4 is 16.9 Å². The minimum absolute atomic E-state index is 0.117. The predicted molar refractivity (Wildman–Crippen MR) is 87.7 cm³/mol. The summed E-state index contributed by atoms with van der Waals surface area (Å²) >= 11 is 0. The third-order valence-electron chi connectivity index (χ3n) is 3.94. The third kappa shape index (κ3) is 3.81. The highest BCUT2D eigenvalue weighted by Gasteiger charge is 2.30. The fourth-order valence-electron chi connectivity index (χ4n) is 2.64. The van der Waals surface area contributed by atoms with E-state index < -0.39 is 11.7 Å². The molecule has 1 amide bonds. The minimum Gasteiger partial charge on any atom is -0.349 e. The molecule has 0 atom stereocenters. The van der Waals surface area contributed by atoms with Crippen LogP contribution in [0.5, 0.6) is 0 Å².